The van der Waals surface area contributed by atoms with E-state index in [9.17, 15) is 13.2 Å². The first kappa shape index (κ1) is 18.9. The lowest BCUT2D eigenvalue weighted by Gasteiger charge is -2.31. The highest BCUT2D eigenvalue weighted by Gasteiger charge is 2.29. The molecule has 3 aromatic rings. The van der Waals surface area contributed by atoms with Gasteiger partial charge in [0.15, 0.2) is 5.76 Å². The van der Waals surface area contributed by atoms with Gasteiger partial charge in [-0.05, 0) is 38.0 Å². The molecule has 1 aromatic carbocycles. The highest BCUT2D eigenvalue weighted by molar-refractivity contribution is 5.86. The van der Waals surface area contributed by atoms with Crippen LogP contribution in [0.4, 0.5) is 13.2 Å². The van der Waals surface area contributed by atoms with Crippen molar-refractivity contribution in [2.24, 2.45) is 0 Å². The number of piperidine rings is 1. The molecule has 2 aromatic heterocycles. The van der Waals surface area contributed by atoms with Gasteiger partial charge in [0.2, 0.25) is 0 Å². The van der Waals surface area contributed by atoms with Crippen LogP contribution in [0.5, 0.6) is 5.75 Å². The van der Waals surface area contributed by atoms with Crippen molar-refractivity contribution in [3.05, 3.63) is 48.0 Å². The minimum absolute atomic E-state index is 0.0456. The van der Waals surface area contributed by atoms with E-state index >= 15 is 0 Å². The Kier molecular flexibility index (Phi) is 5.05. The number of likely N-dealkylation sites (tertiary alicyclic amines) is 1. The Bertz CT molecular complexity index is 940. The number of ether oxygens (including phenoxy) is 1. The summed E-state index contributed by atoms with van der Waals surface area (Å²) in [5, 5.41) is 4.62. The van der Waals surface area contributed by atoms with E-state index in [0.29, 0.717) is 16.7 Å². The number of hydrogen-bond donors (Lipinski definition) is 0. The van der Waals surface area contributed by atoms with Crippen molar-refractivity contribution in [2.75, 3.05) is 13.1 Å². The minimum atomic E-state index is -4.25. The van der Waals surface area contributed by atoms with E-state index in [1.807, 2.05) is 19.1 Å². The quantitative estimate of drug-likeness (QED) is 0.638. The summed E-state index contributed by atoms with van der Waals surface area (Å²) in [6, 6.07) is 8.89. The molecule has 1 saturated heterocycles. The molecule has 0 saturated carbocycles. The molecule has 0 spiro atoms. The van der Waals surface area contributed by atoms with Crippen molar-refractivity contribution in [3.63, 3.8) is 0 Å². The van der Waals surface area contributed by atoms with Crippen LogP contribution in [0.1, 0.15) is 24.3 Å². The van der Waals surface area contributed by atoms with Gasteiger partial charge in [0.05, 0.1) is 17.8 Å². The molecule has 0 amide bonds. The first-order valence-electron chi connectivity index (χ1n) is 9.33. The second kappa shape index (κ2) is 7.50. The monoisotopic (exact) mass is 393 g/mol. The molecule has 0 aliphatic carbocycles. The summed E-state index contributed by atoms with van der Waals surface area (Å²) in [6.45, 7) is 3.36. The molecular formula is C20H22F3N3O2. The summed E-state index contributed by atoms with van der Waals surface area (Å²) in [5.41, 5.74) is 1.41. The van der Waals surface area contributed by atoms with Gasteiger partial charge in [0.1, 0.15) is 18.4 Å². The SMILES string of the molecule is Cc1cc(CN2CCC(Oc3cccc4c3ccn4CC(F)(F)F)CC2)on1. The summed E-state index contributed by atoms with van der Waals surface area (Å²) in [4.78, 5) is 2.29. The highest BCUT2D eigenvalue weighted by Crippen LogP contribution is 2.31. The van der Waals surface area contributed by atoms with Crippen LogP contribution in [0.15, 0.2) is 41.1 Å². The Morgan fingerprint density at radius 2 is 2.00 bits per heavy atom. The lowest BCUT2D eigenvalue weighted by molar-refractivity contribution is -0.139. The van der Waals surface area contributed by atoms with Crippen LogP contribution < -0.4 is 4.74 Å². The molecule has 8 heteroatoms. The minimum Gasteiger partial charge on any atom is -0.490 e. The lowest BCUT2D eigenvalue weighted by atomic mass is 10.1. The largest absolute Gasteiger partial charge is 0.490 e. The summed E-state index contributed by atoms with van der Waals surface area (Å²) in [6.07, 6.45) is -1.03. The predicted octanol–water partition coefficient (Wildman–Crippen LogP) is 4.54. The fraction of sp³-hybridized carbons (Fsp3) is 0.450. The van der Waals surface area contributed by atoms with Crippen LogP contribution in [0.25, 0.3) is 10.9 Å². The van der Waals surface area contributed by atoms with Gasteiger partial charge < -0.3 is 13.8 Å². The molecule has 1 aliphatic rings. The molecule has 28 heavy (non-hydrogen) atoms. The van der Waals surface area contributed by atoms with Crippen molar-refractivity contribution in [1.82, 2.24) is 14.6 Å². The second-order valence-corrected chi connectivity index (χ2v) is 7.28. The molecule has 0 radical (unpaired) electrons. The third kappa shape index (κ3) is 4.32. The predicted molar refractivity (Wildman–Crippen MR) is 98.2 cm³/mol. The maximum absolute atomic E-state index is 12.7. The van der Waals surface area contributed by atoms with E-state index in [0.717, 1.165) is 43.9 Å². The molecule has 1 fully saturated rings. The van der Waals surface area contributed by atoms with Crippen molar-refractivity contribution >= 4 is 10.9 Å². The normalized spacial score (nSPS) is 16.7. The molecule has 1 aliphatic heterocycles. The first-order chi connectivity index (χ1) is 13.4. The van der Waals surface area contributed by atoms with Crippen molar-refractivity contribution in [3.8, 4) is 5.75 Å². The first-order valence-corrected chi connectivity index (χ1v) is 9.33. The average molecular weight is 393 g/mol. The number of aryl methyl sites for hydroxylation is 1. The molecule has 5 nitrogen and oxygen atoms in total. The zero-order chi connectivity index (χ0) is 19.7. The highest BCUT2D eigenvalue weighted by atomic mass is 19.4. The van der Waals surface area contributed by atoms with Gasteiger partial charge in [0.25, 0.3) is 0 Å². The summed E-state index contributed by atoms with van der Waals surface area (Å²) in [5.74, 6) is 1.50. The molecule has 0 unspecified atom stereocenters. The molecular weight excluding hydrogens is 371 g/mol. The second-order valence-electron chi connectivity index (χ2n) is 7.28. The van der Waals surface area contributed by atoms with Crippen LogP contribution in [-0.2, 0) is 13.1 Å². The summed E-state index contributed by atoms with van der Waals surface area (Å²) >= 11 is 0. The fourth-order valence-electron chi connectivity index (χ4n) is 3.71. The Morgan fingerprint density at radius 1 is 1.21 bits per heavy atom. The maximum Gasteiger partial charge on any atom is 0.406 e. The van der Waals surface area contributed by atoms with Gasteiger partial charge >= 0.3 is 6.18 Å². The van der Waals surface area contributed by atoms with E-state index in [2.05, 4.69) is 10.1 Å². The smallest absolute Gasteiger partial charge is 0.406 e. The van der Waals surface area contributed by atoms with Crippen LogP contribution in [0.3, 0.4) is 0 Å². The number of rotatable bonds is 5. The van der Waals surface area contributed by atoms with Crippen LogP contribution >= 0.6 is 0 Å². The fourth-order valence-corrected chi connectivity index (χ4v) is 3.71. The van der Waals surface area contributed by atoms with Crippen LogP contribution in [0.2, 0.25) is 0 Å². The number of fused-ring (bicyclic) bond motifs is 1. The number of alkyl halides is 3. The molecule has 4 rings (SSSR count). The van der Waals surface area contributed by atoms with Crippen molar-refractivity contribution in [1.29, 1.82) is 0 Å². The number of nitrogens with zero attached hydrogens (tertiary/aromatic N) is 3. The zero-order valence-corrected chi connectivity index (χ0v) is 15.6. The maximum atomic E-state index is 12.7. The summed E-state index contributed by atoms with van der Waals surface area (Å²) in [7, 11) is 0. The molecule has 0 bridgehead atoms. The van der Waals surface area contributed by atoms with Gasteiger partial charge in [-0.3, -0.25) is 4.90 Å². The zero-order valence-electron chi connectivity index (χ0n) is 15.6. The molecule has 0 N–H and O–H groups in total. The third-order valence-corrected chi connectivity index (χ3v) is 5.01. The third-order valence-electron chi connectivity index (χ3n) is 5.01. The molecule has 0 atom stereocenters. The van der Waals surface area contributed by atoms with Crippen LogP contribution in [-0.4, -0.2) is 40.0 Å². The van der Waals surface area contributed by atoms with Gasteiger partial charge in [-0.2, -0.15) is 13.2 Å². The number of aromatic nitrogens is 2. The lowest BCUT2D eigenvalue weighted by Crippen LogP contribution is -2.37. The molecule has 150 valence electrons. The van der Waals surface area contributed by atoms with E-state index in [-0.39, 0.29) is 6.10 Å². The van der Waals surface area contributed by atoms with Crippen molar-refractivity contribution < 1.29 is 22.4 Å². The van der Waals surface area contributed by atoms with Gasteiger partial charge in [0, 0.05) is 30.7 Å². The Balaban J connectivity index is 1.39. The Morgan fingerprint density at radius 3 is 2.68 bits per heavy atom. The summed E-state index contributed by atoms with van der Waals surface area (Å²) < 4.78 is 50.9. The van der Waals surface area contributed by atoms with E-state index in [4.69, 9.17) is 9.26 Å². The Labute approximate surface area is 160 Å². The van der Waals surface area contributed by atoms with Crippen LogP contribution in [0, 0.1) is 6.92 Å². The van der Waals surface area contributed by atoms with E-state index in [1.165, 1.54) is 10.8 Å². The number of hydrogen-bond acceptors (Lipinski definition) is 4. The van der Waals surface area contributed by atoms with Gasteiger partial charge in [-0.25, -0.2) is 0 Å². The standard InChI is InChI=1S/C20H22F3N3O2/c1-14-11-16(28-24-14)12-25-8-5-15(6-9-25)27-19-4-2-3-18-17(19)7-10-26(18)13-20(21,22)23/h2-4,7,10-11,15H,5-6,8-9,12-13H2,1H3. The van der Waals surface area contributed by atoms with E-state index in [1.54, 1.807) is 18.2 Å². The topological polar surface area (TPSA) is 43.4 Å². The van der Waals surface area contributed by atoms with Gasteiger partial charge in [-0.15, -0.1) is 0 Å². The van der Waals surface area contributed by atoms with Gasteiger partial charge in [-0.1, -0.05) is 11.2 Å². The molecule has 3 heterocycles. The average Bonchev–Trinajstić information content (AvgIpc) is 3.22. The Hall–Kier alpha value is -2.48. The van der Waals surface area contributed by atoms with Crippen molar-refractivity contribution in [2.45, 2.75) is 45.1 Å². The number of benzene rings is 1. The van der Waals surface area contributed by atoms with E-state index < -0.39 is 12.7 Å². The number of halogens is 3.